The maximum absolute atomic E-state index is 12.9. The van der Waals surface area contributed by atoms with Crippen LogP contribution in [0.25, 0.3) is 0 Å². The van der Waals surface area contributed by atoms with Crippen molar-refractivity contribution < 1.29 is 9.18 Å². The average Bonchev–Trinajstić information content (AvgIpc) is 2.47. The summed E-state index contributed by atoms with van der Waals surface area (Å²) in [6.45, 7) is 11.4. The van der Waals surface area contributed by atoms with Crippen LogP contribution in [0.3, 0.4) is 0 Å². The van der Waals surface area contributed by atoms with Gasteiger partial charge in [-0.2, -0.15) is 0 Å². The molecule has 1 aliphatic heterocycles. The lowest BCUT2D eigenvalue weighted by molar-refractivity contribution is 0.0679. The second-order valence-electron chi connectivity index (χ2n) is 6.28. The van der Waals surface area contributed by atoms with Crippen LogP contribution in [0.5, 0.6) is 0 Å². The van der Waals surface area contributed by atoms with Crippen LogP contribution < -0.4 is 0 Å². The fourth-order valence-corrected chi connectivity index (χ4v) is 2.87. The van der Waals surface area contributed by atoms with Crippen molar-refractivity contribution in [3.63, 3.8) is 0 Å². The van der Waals surface area contributed by atoms with E-state index in [2.05, 4.69) is 23.6 Å². The Hall–Kier alpha value is -1.26. The van der Waals surface area contributed by atoms with Crippen molar-refractivity contribution in [2.24, 2.45) is 5.92 Å². The summed E-state index contributed by atoms with van der Waals surface area (Å²) >= 11 is 0. The number of rotatable bonds is 5. The molecule has 0 saturated carbocycles. The fourth-order valence-electron chi connectivity index (χ4n) is 2.87. The van der Waals surface area contributed by atoms with E-state index in [-0.39, 0.29) is 17.6 Å². The number of nitrogens with zero attached hydrogens (tertiary/aromatic N) is 2. The minimum absolute atomic E-state index is 0.0762. The first-order chi connectivity index (χ1) is 9.97. The summed E-state index contributed by atoms with van der Waals surface area (Å²) in [4.78, 5) is 17.1. The largest absolute Gasteiger partial charge is 0.301 e. The molecular weight excluding hydrogens is 267 g/mol. The lowest BCUT2D eigenvalue weighted by Gasteiger charge is -2.38. The number of halogens is 1. The van der Waals surface area contributed by atoms with Crippen molar-refractivity contribution in [1.29, 1.82) is 0 Å². The molecule has 4 heteroatoms. The van der Waals surface area contributed by atoms with E-state index in [9.17, 15) is 9.18 Å². The predicted octanol–water partition coefficient (Wildman–Crippen LogP) is 2.67. The van der Waals surface area contributed by atoms with Crippen LogP contribution in [0.4, 0.5) is 4.39 Å². The normalized spacial score (nSPS) is 18.9. The molecule has 0 aromatic heterocycles. The third-order valence-electron chi connectivity index (χ3n) is 4.09. The van der Waals surface area contributed by atoms with Gasteiger partial charge in [0.05, 0.1) is 6.04 Å². The highest BCUT2D eigenvalue weighted by Gasteiger charge is 2.26. The number of benzene rings is 1. The van der Waals surface area contributed by atoms with Crippen LogP contribution in [-0.2, 0) is 0 Å². The molecule has 0 bridgehead atoms. The summed E-state index contributed by atoms with van der Waals surface area (Å²) in [6, 6.07) is 5.70. The molecule has 3 nitrogen and oxygen atoms in total. The quantitative estimate of drug-likeness (QED) is 0.780. The number of carbonyl (C=O) groups excluding carboxylic acids is 1. The molecule has 116 valence electrons. The number of hydrogen-bond donors (Lipinski definition) is 0. The molecule has 1 aromatic rings. The standard InChI is InChI=1S/C17H25FN2O/c1-13(2)12-19-8-10-20(11-9-19)14(3)17(21)15-4-6-16(18)7-5-15/h4-7,13-14H,8-12H2,1-3H3. The lowest BCUT2D eigenvalue weighted by atomic mass is 10.0. The summed E-state index contributed by atoms with van der Waals surface area (Å²) in [5.41, 5.74) is 0.591. The molecule has 0 spiro atoms. The topological polar surface area (TPSA) is 23.6 Å². The van der Waals surface area contributed by atoms with Crippen LogP contribution in [-0.4, -0.2) is 54.3 Å². The van der Waals surface area contributed by atoms with E-state index in [4.69, 9.17) is 0 Å². The summed E-state index contributed by atoms with van der Waals surface area (Å²) in [5, 5.41) is 0. The Bertz CT molecular complexity index is 464. The molecule has 1 heterocycles. The minimum atomic E-state index is -0.304. The van der Waals surface area contributed by atoms with Gasteiger partial charge < -0.3 is 4.90 Å². The van der Waals surface area contributed by atoms with Gasteiger partial charge in [-0.3, -0.25) is 9.69 Å². The van der Waals surface area contributed by atoms with Crippen molar-refractivity contribution in [2.75, 3.05) is 32.7 Å². The number of ketones is 1. The van der Waals surface area contributed by atoms with Crippen LogP contribution in [0.15, 0.2) is 24.3 Å². The van der Waals surface area contributed by atoms with E-state index in [1.165, 1.54) is 12.1 Å². The second-order valence-corrected chi connectivity index (χ2v) is 6.28. The maximum Gasteiger partial charge on any atom is 0.179 e. The summed E-state index contributed by atoms with van der Waals surface area (Å²) in [6.07, 6.45) is 0. The molecule has 1 atom stereocenters. The van der Waals surface area contributed by atoms with Crippen molar-refractivity contribution in [1.82, 2.24) is 9.80 Å². The SMILES string of the molecule is CC(C)CN1CCN(C(C)C(=O)c2ccc(F)cc2)CC1. The first kappa shape index (κ1) is 16.1. The van der Waals surface area contributed by atoms with Crippen LogP contribution in [0.1, 0.15) is 31.1 Å². The molecule has 1 fully saturated rings. The van der Waals surface area contributed by atoms with E-state index in [1.54, 1.807) is 12.1 Å². The molecule has 2 rings (SSSR count). The molecule has 1 unspecified atom stereocenters. The van der Waals surface area contributed by atoms with Crippen molar-refractivity contribution in [3.8, 4) is 0 Å². The highest BCUT2D eigenvalue weighted by Crippen LogP contribution is 2.13. The molecule has 1 saturated heterocycles. The third kappa shape index (κ3) is 4.35. The Morgan fingerprint density at radius 1 is 1.10 bits per heavy atom. The van der Waals surface area contributed by atoms with Gasteiger partial charge in [0.2, 0.25) is 0 Å². The Kier molecular flexibility index (Phi) is 5.48. The van der Waals surface area contributed by atoms with E-state index in [1.807, 2.05) is 6.92 Å². The van der Waals surface area contributed by atoms with Gasteiger partial charge in [0, 0.05) is 38.3 Å². The average molecular weight is 292 g/mol. The maximum atomic E-state index is 12.9. The number of piperazine rings is 1. The first-order valence-corrected chi connectivity index (χ1v) is 7.73. The summed E-state index contributed by atoms with van der Waals surface area (Å²) in [5.74, 6) is 0.448. The zero-order chi connectivity index (χ0) is 15.4. The molecule has 1 aromatic carbocycles. The van der Waals surface area contributed by atoms with Gasteiger partial charge in [-0.25, -0.2) is 4.39 Å². The van der Waals surface area contributed by atoms with E-state index in [0.717, 1.165) is 32.7 Å². The Balaban J connectivity index is 1.90. The smallest absolute Gasteiger partial charge is 0.179 e. The second kappa shape index (κ2) is 7.14. The molecule has 21 heavy (non-hydrogen) atoms. The van der Waals surface area contributed by atoms with Crippen molar-refractivity contribution in [2.45, 2.75) is 26.8 Å². The van der Waals surface area contributed by atoms with E-state index >= 15 is 0 Å². The Labute approximate surface area is 126 Å². The fraction of sp³-hybridized carbons (Fsp3) is 0.588. The third-order valence-corrected chi connectivity index (χ3v) is 4.09. The van der Waals surface area contributed by atoms with Crippen molar-refractivity contribution >= 4 is 5.78 Å². The first-order valence-electron chi connectivity index (χ1n) is 7.73. The Morgan fingerprint density at radius 3 is 2.19 bits per heavy atom. The zero-order valence-corrected chi connectivity index (χ0v) is 13.2. The van der Waals surface area contributed by atoms with Gasteiger partial charge in [0.15, 0.2) is 5.78 Å². The van der Waals surface area contributed by atoms with E-state index < -0.39 is 0 Å². The van der Waals surface area contributed by atoms with Crippen LogP contribution in [0.2, 0.25) is 0 Å². The molecule has 1 aliphatic rings. The monoisotopic (exact) mass is 292 g/mol. The molecule has 0 aliphatic carbocycles. The lowest BCUT2D eigenvalue weighted by Crippen LogP contribution is -2.52. The highest BCUT2D eigenvalue weighted by molar-refractivity contribution is 5.99. The zero-order valence-electron chi connectivity index (χ0n) is 13.2. The van der Waals surface area contributed by atoms with Gasteiger partial charge >= 0.3 is 0 Å². The van der Waals surface area contributed by atoms with Gasteiger partial charge in [0.1, 0.15) is 5.82 Å². The van der Waals surface area contributed by atoms with Gasteiger partial charge in [-0.1, -0.05) is 13.8 Å². The van der Waals surface area contributed by atoms with Gasteiger partial charge in [-0.05, 0) is 37.1 Å². The molecule has 0 N–H and O–H groups in total. The van der Waals surface area contributed by atoms with Crippen molar-refractivity contribution in [3.05, 3.63) is 35.6 Å². The van der Waals surface area contributed by atoms with Crippen LogP contribution in [0, 0.1) is 11.7 Å². The number of carbonyl (C=O) groups is 1. The van der Waals surface area contributed by atoms with E-state index in [0.29, 0.717) is 11.5 Å². The molecular formula is C17H25FN2O. The Morgan fingerprint density at radius 2 is 1.67 bits per heavy atom. The predicted molar refractivity (Wildman–Crippen MR) is 83.0 cm³/mol. The highest BCUT2D eigenvalue weighted by atomic mass is 19.1. The van der Waals surface area contributed by atoms with Crippen LogP contribution >= 0.6 is 0 Å². The minimum Gasteiger partial charge on any atom is -0.301 e. The summed E-state index contributed by atoms with van der Waals surface area (Å²) < 4.78 is 12.9. The number of hydrogen-bond acceptors (Lipinski definition) is 3. The van der Waals surface area contributed by atoms with Gasteiger partial charge in [0.25, 0.3) is 0 Å². The molecule has 0 radical (unpaired) electrons. The summed E-state index contributed by atoms with van der Waals surface area (Å²) in [7, 11) is 0. The number of Topliss-reactive ketones (excluding diaryl/α,β-unsaturated/α-hetero) is 1. The van der Waals surface area contributed by atoms with Gasteiger partial charge in [-0.15, -0.1) is 0 Å². The molecule has 0 amide bonds.